The van der Waals surface area contributed by atoms with E-state index in [1.165, 1.54) is 0 Å². The lowest BCUT2D eigenvalue weighted by Gasteiger charge is -2.16. The summed E-state index contributed by atoms with van der Waals surface area (Å²) in [5, 5.41) is 4.47. The molecular formula is C12H21N5O. The van der Waals surface area contributed by atoms with Gasteiger partial charge in [0.2, 0.25) is 5.95 Å². The van der Waals surface area contributed by atoms with Crippen molar-refractivity contribution in [3.05, 3.63) is 5.69 Å². The van der Waals surface area contributed by atoms with Gasteiger partial charge in [0.25, 0.3) is 0 Å². The van der Waals surface area contributed by atoms with Crippen LogP contribution in [0.4, 0.5) is 5.95 Å². The minimum Gasteiger partial charge on any atom is -0.380 e. The molecule has 6 nitrogen and oxygen atoms in total. The zero-order valence-electron chi connectivity index (χ0n) is 11.5. The third-order valence-corrected chi connectivity index (χ3v) is 3.07. The van der Waals surface area contributed by atoms with Crippen molar-refractivity contribution in [3.8, 4) is 0 Å². The zero-order chi connectivity index (χ0) is 13.3. The monoisotopic (exact) mass is 251 g/mol. The summed E-state index contributed by atoms with van der Waals surface area (Å²) in [6, 6.07) is 0.149. The quantitative estimate of drug-likeness (QED) is 0.878. The van der Waals surface area contributed by atoms with Crippen LogP contribution in [0.25, 0.3) is 11.2 Å². The van der Waals surface area contributed by atoms with Crippen molar-refractivity contribution >= 4 is 17.1 Å². The van der Waals surface area contributed by atoms with E-state index in [-0.39, 0.29) is 6.04 Å². The van der Waals surface area contributed by atoms with Crippen LogP contribution in [-0.2, 0) is 11.3 Å². The van der Waals surface area contributed by atoms with Crippen molar-refractivity contribution in [1.29, 1.82) is 0 Å². The molecule has 6 heteroatoms. The van der Waals surface area contributed by atoms with Crippen molar-refractivity contribution < 1.29 is 4.74 Å². The van der Waals surface area contributed by atoms with Crippen LogP contribution in [0.15, 0.2) is 0 Å². The molecule has 18 heavy (non-hydrogen) atoms. The first-order valence-corrected chi connectivity index (χ1v) is 6.38. The maximum atomic E-state index is 6.02. The molecule has 1 unspecified atom stereocenters. The zero-order valence-corrected chi connectivity index (χ0v) is 11.5. The van der Waals surface area contributed by atoms with Crippen LogP contribution in [0.5, 0.6) is 0 Å². The smallest absolute Gasteiger partial charge is 0.202 e. The van der Waals surface area contributed by atoms with Gasteiger partial charge in [0, 0.05) is 13.2 Å². The first-order chi connectivity index (χ1) is 8.60. The van der Waals surface area contributed by atoms with Crippen LogP contribution in [0.1, 0.15) is 32.5 Å². The van der Waals surface area contributed by atoms with Gasteiger partial charge in [0.15, 0.2) is 5.65 Å². The number of anilines is 1. The summed E-state index contributed by atoms with van der Waals surface area (Å²) >= 11 is 0. The van der Waals surface area contributed by atoms with Gasteiger partial charge in [-0.15, -0.1) is 0 Å². The first-order valence-electron chi connectivity index (χ1n) is 6.38. The van der Waals surface area contributed by atoms with Crippen LogP contribution in [0, 0.1) is 6.92 Å². The molecule has 0 saturated carbocycles. The standard InChI is InChI=1S/C12H21N5O/c1-5-16-11-10(9(4)15-16)14-12(13)17(11)8(3)7-18-6-2/h8H,5-7H2,1-4H3,(H2,13,14). The minimum absolute atomic E-state index is 0.149. The summed E-state index contributed by atoms with van der Waals surface area (Å²) in [6.07, 6.45) is 0. The van der Waals surface area contributed by atoms with Crippen molar-refractivity contribution in [2.45, 2.75) is 40.3 Å². The predicted molar refractivity (Wildman–Crippen MR) is 71.5 cm³/mol. The van der Waals surface area contributed by atoms with Gasteiger partial charge in [-0.05, 0) is 27.7 Å². The molecule has 0 bridgehead atoms. The van der Waals surface area contributed by atoms with E-state index in [1.54, 1.807) is 0 Å². The lowest BCUT2D eigenvalue weighted by Crippen LogP contribution is -2.16. The lowest BCUT2D eigenvalue weighted by atomic mass is 10.3. The molecule has 0 fully saturated rings. The number of hydrogen-bond donors (Lipinski definition) is 1. The Hall–Kier alpha value is -1.56. The highest BCUT2D eigenvalue weighted by atomic mass is 16.5. The third-order valence-electron chi connectivity index (χ3n) is 3.07. The number of nitrogen functional groups attached to an aromatic ring is 1. The van der Waals surface area contributed by atoms with Gasteiger partial charge in [-0.3, -0.25) is 4.57 Å². The predicted octanol–water partition coefficient (Wildman–Crippen LogP) is 1.74. The van der Waals surface area contributed by atoms with Crippen LogP contribution in [0.2, 0.25) is 0 Å². The molecule has 2 aromatic rings. The number of imidazole rings is 1. The van der Waals surface area contributed by atoms with E-state index < -0.39 is 0 Å². The van der Waals surface area contributed by atoms with Gasteiger partial charge < -0.3 is 10.5 Å². The Morgan fingerprint density at radius 3 is 2.72 bits per heavy atom. The number of hydrogen-bond acceptors (Lipinski definition) is 4. The number of ether oxygens (including phenoxy) is 1. The van der Waals surface area contributed by atoms with Crippen LogP contribution in [-0.4, -0.2) is 32.5 Å². The van der Waals surface area contributed by atoms with E-state index in [0.717, 1.165) is 23.4 Å². The molecular weight excluding hydrogens is 230 g/mol. The summed E-state index contributed by atoms with van der Waals surface area (Å²) < 4.78 is 9.42. The van der Waals surface area contributed by atoms with Crippen molar-refractivity contribution in [2.24, 2.45) is 0 Å². The fourth-order valence-electron chi connectivity index (χ4n) is 2.22. The van der Waals surface area contributed by atoms with Crippen LogP contribution in [0.3, 0.4) is 0 Å². The minimum atomic E-state index is 0.149. The molecule has 0 aromatic carbocycles. The Morgan fingerprint density at radius 1 is 1.39 bits per heavy atom. The molecule has 100 valence electrons. The van der Waals surface area contributed by atoms with Gasteiger partial charge in [-0.1, -0.05) is 0 Å². The summed E-state index contributed by atoms with van der Waals surface area (Å²) in [5.41, 5.74) is 8.81. The molecule has 0 radical (unpaired) electrons. The number of aryl methyl sites for hydroxylation is 2. The SMILES string of the molecule is CCOCC(C)n1c(N)nc2c(C)nn(CC)c21. The van der Waals surface area contributed by atoms with Gasteiger partial charge in [0.1, 0.15) is 5.52 Å². The average Bonchev–Trinajstić information content (AvgIpc) is 2.83. The fraction of sp³-hybridized carbons (Fsp3) is 0.667. The third kappa shape index (κ3) is 1.96. The van der Waals surface area contributed by atoms with E-state index in [0.29, 0.717) is 19.2 Å². The Bertz CT molecular complexity index is 542. The number of nitrogens with zero attached hydrogens (tertiary/aromatic N) is 4. The highest BCUT2D eigenvalue weighted by molar-refractivity contribution is 5.77. The van der Waals surface area contributed by atoms with Crippen molar-refractivity contribution in [2.75, 3.05) is 18.9 Å². The first kappa shape index (κ1) is 12.9. The van der Waals surface area contributed by atoms with E-state index >= 15 is 0 Å². The van der Waals surface area contributed by atoms with Gasteiger partial charge in [-0.25, -0.2) is 9.67 Å². The second-order valence-corrected chi connectivity index (χ2v) is 4.42. The summed E-state index contributed by atoms with van der Waals surface area (Å²) in [4.78, 5) is 4.41. The second kappa shape index (κ2) is 4.97. The molecule has 0 aliphatic rings. The molecule has 0 amide bonds. The Kier molecular flexibility index (Phi) is 3.56. The number of rotatable bonds is 5. The molecule has 2 rings (SSSR count). The average molecular weight is 251 g/mol. The van der Waals surface area contributed by atoms with E-state index in [2.05, 4.69) is 23.9 Å². The molecule has 2 heterocycles. The summed E-state index contributed by atoms with van der Waals surface area (Å²) in [7, 11) is 0. The summed E-state index contributed by atoms with van der Waals surface area (Å²) in [6.45, 7) is 10.2. The molecule has 2 aromatic heterocycles. The highest BCUT2D eigenvalue weighted by Crippen LogP contribution is 2.25. The largest absolute Gasteiger partial charge is 0.380 e. The van der Waals surface area contributed by atoms with Crippen LogP contribution >= 0.6 is 0 Å². The number of fused-ring (bicyclic) bond motifs is 1. The highest BCUT2D eigenvalue weighted by Gasteiger charge is 2.20. The van der Waals surface area contributed by atoms with E-state index in [4.69, 9.17) is 10.5 Å². The molecule has 0 aliphatic carbocycles. The Balaban J connectivity index is 2.51. The number of aromatic nitrogens is 4. The molecule has 2 N–H and O–H groups in total. The van der Waals surface area contributed by atoms with Gasteiger partial charge >= 0.3 is 0 Å². The molecule has 0 spiro atoms. The normalized spacial score (nSPS) is 13.3. The Morgan fingerprint density at radius 2 is 2.11 bits per heavy atom. The topological polar surface area (TPSA) is 70.9 Å². The molecule has 0 saturated heterocycles. The maximum Gasteiger partial charge on any atom is 0.202 e. The maximum absolute atomic E-state index is 6.02. The van der Waals surface area contributed by atoms with E-state index in [9.17, 15) is 0 Å². The summed E-state index contributed by atoms with van der Waals surface area (Å²) in [5.74, 6) is 0.528. The fourth-order valence-corrected chi connectivity index (χ4v) is 2.22. The molecule has 0 aliphatic heterocycles. The number of nitrogens with two attached hydrogens (primary N) is 1. The van der Waals surface area contributed by atoms with E-state index in [1.807, 2.05) is 23.1 Å². The van der Waals surface area contributed by atoms with Crippen molar-refractivity contribution in [3.63, 3.8) is 0 Å². The second-order valence-electron chi connectivity index (χ2n) is 4.42. The van der Waals surface area contributed by atoms with Crippen molar-refractivity contribution in [1.82, 2.24) is 19.3 Å². The van der Waals surface area contributed by atoms with Gasteiger partial charge in [0.05, 0.1) is 18.3 Å². The lowest BCUT2D eigenvalue weighted by molar-refractivity contribution is 0.120. The van der Waals surface area contributed by atoms with Crippen LogP contribution < -0.4 is 5.73 Å². The molecule has 1 atom stereocenters. The van der Waals surface area contributed by atoms with Gasteiger partial charge in [-0.2, -0.15) is 5.10 Å². The Labute approximate surface area is 107 Å².